The van der Waals surface area contributed by atoms with Gasteiger partial charge >= 0.3 is 0 Å². The molecule has 4 nitrogen and oxygen atoms in total. The van der Waals surface area contributed by atoms with E-state index in [2.05, 4.69) is 35.1 Å². The number of halogens is 1. The molecular formula is C23H22FN3O. The number of anilines is 1. The lowest BCUT2D eigenvalue weighted by atomic mass is 9.97. The van der Waals surface area contributed by atoms with Gasteiger partial charge in [-0.15, -0.1) is 0 Å². The lowest BCUT2D eigenvalue weighted by molar-refractivity contribution is 0.386. The molecule has 142 valence electrons. The number of hydrogen-bond donors (Lipinski definition) is 1. The molecule has 0 bridgehead atoms. The summed E-state index contributed by atoms with van der Waals surface area (Å²) >= 11 is 0. The summed E-state index contributed by atoms with van der Waals surface area (Å²) in [5, 5.41) is 2.49. The monoisotopic (exact) mass is 375 g/mol. The number of benzene rings is 2. The predicted octanol–water partition coefficient (Wildman–Crippen LogP) is 4.84. The number of ether oxygens (including phenoxy) is 1. The molecule has 0 unspecified atom stereocenters. The van der Waals surface area contributed by atoms with Crippen LogP contribution in [0.5, 0.6) is 5.75 Å². The first-order valence-corrected chi connectivity index (χ1v) is 9.61. The second-order valence-electron chi connectivity index (χ2n) is 7.45. The van der Waals surface area contributed by atoms with E-state index in [1.165, 1.54) is 29.5 Å². The van der Waals surface area contributed by atoms with Gasteiger partial charge in [-0.1, -0.05) is 24.3 Å². The molecule has 2 aromatic carbocycles. The van der Waals surface area contributed by atoms with Crippen LogP contribution in [-0.2, 0) is 12.8 Å². The van der Waals surface area contributed by atoms with Gasteiger partial charge in [-0.2, -0.15) is 0 Å². The SMILES string of the molecule is COc1ccc(Cc2nc3c(c4c2[nH]c2ccccc24)CCCN3C)cc1F. The van der Waals surface area contributed by atoms with Crippen LogP contribution in [0.1, 0.15) is 23.2 Å². The highest BCUT2D eigenvalue weighted by atomic mass is 19.1. The van der Waals surface area contributed by atoms with E-state index in [4.69, 9.17) is 9.72 Å². The Morgan fingerprint density at radius 3 is 2.89 bits per heavy atom. The van der Waals surface area contributed by atoms with Crippen molar-refractivity contribution >= 4 is 27.6 Å². The summed E-state index contributed by atoms with van der Waals surface area (Å²) in [6, 6.07) is 13.5. The van der Waals surface area contributed by atoms with E-state index < -0.39 is 0 Å². The molecule has 0 atom stereocenters. The van der Waals surface area contributed by atoms with Crippen LogP contribution in [0.2, 0.25) is 0 Å². The number of H-pyrrole nitrogens is 1. The number of pyridine rings is 1. The molecule has 28 heavy (non-hydrogen) atoms. The second kappa shape index (κ2) is 6.51. The van der Waals surface area contributed by atoms with Gasteiger partial charge in [0.25, 0.3) is 0 Å². The number of hydrogen-bond acceptors (Lipinski definition) is 3. The number of para-hydroxylation sites is 1. The topological polar surface area (TPSA) is 41.1 Å². The molecule has 5 heteroatoms. The number of aromatic nitrogens is 2. The van der Waals surface area contributed by atoms with Crippen LogP contribution in [0, 0.1) is 5.82 Å². The summed E-state index contributed by atoms with van der Waals surface area (Å²) in [6.45, 7) is 1.00. The fraction of sp³-hybridized carbons (Fsp3) is 0.261. The molecule has 0 radical (unpaired) electrons. The van der Waals surface area contributed by atoms with Crippen LogP contribution < -0.4 is 9.64 Å². The van der Waals surface area contributed by atoms with Gasteiger partial charge in [-0.05, 0) is 36.6 Å². The maximum absolute atomic E-state index is 14.2. The molecule has 4 aromatic rings. The van der Waals surface area contributed by atoms with Crippen molar-refractivity contribution in [3.05, 3.63) is 65.1 Å². The van der Waals surface area contributed by atoms with Crippen molar-refractivity contribution in [1.29, 1.82) is 0 Å². The van der Waals surface area contributed by atoms with Crippen LogP contribution in [0.4, 0.5) is 10.2 Å². The van der Waals surface area contributed by atoms with E-state index in [0.717, 1.165) is 47.5 Å². The van der Waals surface area contributed by atoms with Gasteiger partial charge < -0.3 is 14.6 Å². The highest BCUT2D eigenvalue weighted by Gasteiger charge is 2.23. The third-order valence-corrected chi connectivity index (χ3v) is 5.68. The van der Waals surface area contributed by atoms with E-state index in [9.17, 15) is 4.39 Å². The summed E-state index contributed by atoms with van der Waals surface area (Å²) < 4.78 is 19.3. The maximum Gasteiger partial charge on any atom is 0.165 e. The van der Waals surface area contributed by atoms with Crippen molar-refractivity contribution in [2.45, 2.75) is 19.3 Å². The summed E-state index contributed by atoms with van der Waals surface area (Å²) in [7, 11) is 3.58. The number of nitrogens with one attached hydrogen (secondary N) is 1. The van der Waals surface area contributed by atoms with Gasteiger partial charge in [0.1, 0.15) is 5.82 Å². The van der Waals surface area contributed by atoms with E-state index in [1.54, 1.807) is 6.07 Å². The van der Waals surface area contributed by atoms with Crippen LogP contribution in [-0.4, -0.2) is 30.7 Å². The lowest BCUT2D eigenvalue weighted by Gasteiger charge is -2.27. The molecule has 1 N–H and O–H groups in total. The Morgan fingerprint density at radius 1 is 1.21 bits per heavy atom. The van der Waals surface area contributed by atoms with Crippen molar-refractivity contribution in [2.24, 2.45) is 0 Å². The maximum atomic E-state index is 14.2. The van der Waals surface area contributed by atoms with Gasteiger partial charge in [0, 0.05) is 41.9 Å². The Balaban J connectivity index is 1.73. The smallest absolute Gasteiger partial charge is 0.165 e. The first-order valence-electron chi connectivity index (χ1n) is 9.61. The molecule has 0 amide bonds. The minimum Gasteiger partial charge on any atom is -0.494 e. The molecule has 0 saturated carbocycles. The second-order valence-corrected chi connectivity index (χ2v) is 7.45. The summed E-state index contributed by atoms with van der Waals surface area (Å²) in [6.07, 6.45) is 2.72. The van der Waals surface area contributed by atoms with Gasteiger partial charge in [-0.3, -0.25) is 0 Å². The number of rotatable bonds is 3. The Bertz CT molecular complexity index is 1200. The normalized spacial score (nSPS) is 13.9. The minimum atomic E-state index is -0.344. The summed E-state index contributed by atoms with van der Waals surface area (Å²) in [5.41, 5.74) is 5.31. The van der Waals surface area contributed by atoms with Crippen molar-refractivity contribution in [3.63, 3.8) is 0 Å². The first kappa shape index (κ1) is 17.0. The van der Waals surface area contributed by atoms with Gasteiger partial charge in [0.15, 0.2) is 11.6 Å². The third-order valence-electron chi connectivity index (χ3n) is 5.68. The van der Waals surface area contributed by atoms with Crippen molar-refractivity contribution < 1.29 is 9.13 Å². The standard InChI is InChI=1S/C23H22FN3O/c1-27-11-5-7-16-21-15-6-3-4-8-18(15)25-22(21)19(26-23(16)27)13-14-9-10-20(28-2)17(24)12-14/h3-4,6,8-10,12,25H,5,7,11,13H2,1-2H3. The van der Waals surface area contributed by atoms with E-state index in [0.29, 0.717) is 6.42 Å². The lowest BCUT2D eigenvalue weighted by Crippen LogP contribution is -2.26. The Kier molecular flexibility index (Phi) is 3.97. The average Bonchev–Trinajstić information content (AvgIpc) is 3.09. The van der Waals surface area contributed by atoms with E-state index >= 15 is 0 Å². The molecule has 0 saturated heterocycles. The number of fused-ring (bicyclic) bond motifs is 5. The molecule has 1 aliphatic heterocycles. The summed E-state index contributed by atoms with van der Waals surface area (Å²) in [4.78, 5) is 10.8. The zero-order valence-corrected chi connectivity index (χ0v) is 16.1. The Labute approximate surface area is 163 Å². The molecule has 0 spiro atoms. The highest BCUT2D eigenvalue weighted by Crippen LogP contribution is 2.38. The van der Waals surface area contributed by atoms with Gasteiger partial charge in [0.2, 0.25) is 0 Å². The molecule has 5 rings (SSSR count). The third kappa shape index (κ3) is 2.61. The highest BCUT2D eigenvalue weighted by molar-refractivity contribution is 6.11. The van der Waals surface area contributed by atoms with E-state index in [1.807, 2.05) is 12.1 Å². The van der Waals surface area contributed by atoms with Crippen LogP contribution in [0.3, 0.4) is 0 Å². The van der Waals surface area contributed by atoms with Gasteiger partial charge in [-0.25, -0.2) is 9.37 Å². The van der Waals surface area contributed by atoms with Crippen molar-refractivity contribution in [1.82, 2.24) is 9.97 Å². The van der Waals surface area contributed by atoms with Gasteiger partial charge in [0.05, 0.1) is 18.3 Å². The molecule has 0 fully saturated rings. The molecule has 0 aliphatic carbocycles. The predicted molar refractivity (Wildman–Crippen MR) is 111 cm³/mol. The fourth-order valence-electron chi connectivity index (χ4n) is 4.33. The molecule has 1 aliphatic rings. The van der Waals surface area contributed by atoms with Crippen molar-refractivity contribution in [3.8, 4) is 5.75 Å². The van der Waals surface area contributed by atoms with Crippen LogP contribution >= 0.6 is 0 Å². The molecule has 3 heterocycles. The van der Waals surface area contributed by atoms with Crippen LogP contribution in [0.25, 0.3) is 21.8 Å². The molecule has 2 aromatic heterocycles. The zero-order chi connectivity index (χ0) is 19.3. The van der Waals surface area contributed by atoms with E-state index in [-0.39, 0.29) is 11.6 Å². The van der Waals surface area contributed by atoms with Crippen molar-refractivity contribution in [2.75, 3.05) is 25.6 Å². The van der Waals surface area contributed by atoms with Crippen LogP contribution in [0.15, 0.2) is 42.5 Å². The number of aromatic amines is 1. The fourth-order valence-corrected chi connectivity index (χ4v) is 4.33. The Hall–Kier alpha value is -3.08. The largest absolute Gasteiger partial charge is 0.494 e. The minimum absolute atomic E-state index is 0.262. The molecular weight excluding hydrogens is 353 g/mol. The number of aryl methyl sites for hydroxylation is 1. The average molecular weight is 375 g/mol. The number of nitrogens with zero attached hydrogens (tertiary/aromatic N) is 2. The first-order chi connectivity index (χ1) is 13.7. The Morgan fingerprint density at radius 2 is 2.07 bits per heavy atom. The summed E-state index contributed by atoms with van der Waals surface area (Å²) in [5.74, 6) is 0.966. The number of methoxy groups -OCH3 is 1. The quantitative estimate of drug-likeness (QED) is 0.557. The zero-order valence-electron chi connectivity index (χ0n) is 16.1.